The number of piperazine rings is 1. The van der Waals surface area contributed by atoms with Crippen LogP contribution >= 0.6 is 0 Å². The highest BCUT2D eigenvalue weighted by Crippen LogP contribution is 2.22. The van der Waals surface area contributed by atoms with Crippen molar-refractivity contribution in [3.8, 4) is 0 Å². The van der Waals surface area contributed by atoms with Gasteiger partial charge in [0.25, 0.3) is 0 Å². The second-order valence-corrected chi connectivity index (χ2v) is 9.64. The number of amides is 1. The van der Waals surface area contributed by atoms with Crippen molar-refractivity contribution in [3.63, 3.8) is 0 Å². The maximum absolute atomic E-state index is 11.6. The summed E-state index contributed by atoms with van der Waals surface area (Å²) < 4.78 is 0. The van der Waals surface area contributed by atoms with Gasteiger partial charge in [-0.05, 0) is 52.0 Å². The number of anilines is 1. The van der Waals surface area contributed by atoms with Gasteiger partial charge >= 0.3 is 0 Å². The van der Waals surface area contributed by atoms with E-state index >= 15 is 0 Å². The summed E-state index contributed by atoms with van der Waals surface area (Å²) in [6.45, 7) is 10.4. The molecule has 3 heterocycles. The van der Waals surface area contributed by atoms with E-state index in [1.165, 1.54) is 0 Å². The number of carbonyl (C=O) groups is 1. The highest BCUT2D eigenvalue weighted by molar-refractivity contribution is 5.88. The van der Waals surface area contributed by atoms with E-state index in [0.29, 0.717) is 6.04 Å². The van der Waals surface area contributed by atoms with Gasteiger partial charge in [-0.2, -0.15) is 0 Å². The molecule has 2 aromatic rings. The van der Waals surface area contributed by atoms with Gasteiger partial charge in [-0.15, -0.1) is 0 Å². The standard InChI is InChI=1S/C25H39N7O/c1-20(33)31-13-9-21(10-14-31)32-17-15-30(16-18-32)19-24-27-23-8-5-4-7-22(23)25(28-24)26-11-6-12-29(2)3/h4-5,7-8,21H,6,9-19H2,1-3H3,(H,26,27,28). The Hall–Kier alpha value is -2.29. The first-order chi connectivity index (χ1) is 16.0. The smallest absolute Gasteiger partial charge is 0.219 e. The van der Waals surface area contributed by atoms with Crippen LogP contribution in [-0.4, -0.2) is 108 Å². The molecule has 1 amide bonds. The molecule has 180 valence electrons. The molecule has 0 saturated carbocycles. The summed E-state index contributed by atoms with van der Waals surface area (Å²) in [6.07, 6.45) is 3.26. The normalized spacial score (nSPS) is 18.8. The van der Waals surface area contributed by atoms with Crippen molar-refractivity contribution in [1.29, 1.82) is 0 Å². The molecule has 0 spiro atoms. The predicted molar refractivity (Wildman–Crippen MR) is 133 cm³/mol. The SMILES string of the molecule is CC(=O)N1CCC(N2CCN(Cc3nc(NCCCN(C)C)c4ccccc4n3)CC2)CC1. The lowest BCUT2D eigenvalue weighted by Crippen LogP contribution is -2.53. The van der Waals surface area contributed by atoms with Gasteiger partial charge in [0, 0.05) is 64.2 Å². The number of para-hydroxylation sites is 1. The number of carbonyl (C=O) groups excluding carboxylic acids is 1. The maximum Gasteiger partial charge on any atom is 0.219 e. The van der Waals surface area contributed by atoms with Crippen molar-refractivity contribution in [1.82, 2.24) is 29.6 Å². The van der Waals surface area contributed by atoms with Crippen molar-refractivity contribution >= 4 is 22.6 Å². The topological polar surface area (TPSA) is 67.8 Å². The molecule has 0 unspecified atom stereocenters. The molecule has 8 heteroatoms. The molecular formula is C25H39N7O. The number of nitrogens with zero attached hydrogens (tertiary/aromatic N) is 6. The molecule has 0 aliphatic carbocycles. The van der Waals surface area contributed by atoms with Crippen LogP contribution in [0.25, 0.3) is 10.9 Å². The van der Waals surface area contributed by atoms with Crippen molar-refractivity contribution in [3.05, 3.63) is 30.1 Å². The van der Waals surface area contributed by atoms with Crippen LogP contribution in [0.4, 0.5) is 5.82 Å². The molecule has 1 N–H and O–H groups in total. The second kappa shape index (κ2) is 11.2. The van der Waals surface area contributed by atoms with Crippen LogP contribution in [0.3, 0.4) is 0 Å². The first kappa shape index (κ1) is 23.9. The predicted octanol–water partition coefficient (Wildman–Crippen LogP) is 2.12. The van der Waals surface area contributed by atoms with Gasteiger partial charge < -0.3 is 15.1 Å². The summed E-state index contributed by atoms with van der Waals surface area (Å²) in [6, 6.07) is 8.89. The minimum atomic E-state index is 0.209. The van der Waals surface area contributed by atoms with Gasteiger partial charge in [-0.25, -0.2) is 9.97 Å². The zero-order valence-corrected chi connectivity index (χ0v) is 20.5. The Morgan fingerprint density at radius 2 is 1.79 bits per heavy atom. The Bertz CT molecular complexity index is 918. The third-order valence-corrected chi connectivity index (χ3v) is 6.92. The summed E-state index contributed by atoms with van der Waals surface area (Å²) in [5, 5.41) is 4.64. The number of hydrogen-bond acceptors (Lipinski definition) is 7. The highest BCUT2D eigenvalue weighted by atomic mass is 16.2. The number of likely N-dealkylation sites (tertiary alicyclic amines) is 1. The molecular weight excluding hydrogens is 414 g/mol. The fourth-order valence-corrected chi connectivity index (χ4v) is 4.96. The Balaban J connectivity index is 1.33. The third kappa shape index (κ3) is 6.40. The molecule has 1 aromatic carbocycles. The van der Waals surface area contributed by atoms with Gasteiger partial charge in [-0.3, -0.25) is 14.6 Å². The van der Waals surface area contributed by atoms with Gasteiger partial charge in [0.05, 0.1) is 12.1 Å². The maximum atomic E-state index is 11.6. The van der Waals surface area contributed by atoms with Gasteiger partial charge in [0.15, 0.2) is 0 Å². The summed E-state index contributed by atoms with van der Waals surface area (Å²) in [7, 11) is 4.21. The first-order valence-corrected chi connectivity index (χ1v) is 12.4. The minimum Gasteiger partial charge on any atom is -0.369 e. The van der Waals surface area contributed by atoms with Crippen LogP contribution in [0.15, 0.2) is 24.3 Å². The van der Waals surface area contributed by atoms with Gasteiger partial charge in [0.2, 0.25) is 5.91 Å². The lowest BCUT2D eigenvalue weighted by atomic mass is 10.0. The summed E-state index contributed by atoms with van der Waals surface area (Å²) in [5.41, 5.74) is 1.01. The molecule has 4 rings (SSSR count). The summed E-state index contributed by atoms with van der Waals surface area (Å²) >= 11 is 0. The third-order valence-electron chi connectivity index (χ3n) is 6.92. The Labute approximate surface area is 197 Å². The molecule has 2 aliphatic rings. The molecule has 33 heavy (non-hydrogen) atoms. The minimum absolute atomic E-state index is 0.209. The van der Waals surface area contributed by atoms with E-state index in [1.807, 2.05) is 11.0 Å². The molecule has 2 fully saturated rings. The second-order valence-electron chi connectivity index (χ2n) is 9.64. The Morgan fingerprint density at radius 3 is 2.48 bits per heavy atom. The average Bonchev–Trinajstić information content (AvgIpc) is 2.82. The average molecular weight is 454 g/mol. The van der Waals surface area contributed by atoms with E-state index in [2.05, 4.69) is 52.3 Å². The van der Waals surface area contributed by atoms with Crippen LogP contribution in [0.2, 0.25) is 0 Å². The molecule has 2 aliphatic heterocycles. The molecule has 0 radical (unpaired) electrons. The molecule has 0 bridgehead atoms. The van der Waals surface area contributed by atoms with Crippen molar-refractivity contribution in [2.75, 3.05) is 71.8 Å². The van der Waals surface area contributed by atoms with Gasteiger partial charge in [-0.1, -0.05) is 12.1 Å². The number of fused-ring (bicyclic) bond motifs is 1. The van der Waals surface area contributed by atoms with E-state index in [4.69, 9.17) is 9.97 Å². The monoisotopic (exact) mass is 453 g/mol. The summed E-state index contributed by atoms with van der Waals surface area (Å²) in [5.74, 6) is 2.05. The van der Waals surface area contributed by atoms with Crippen LogP contribution in [0, 0.1) is 0 Å². The van der Waals surface area contributed by atoms with Crippen molar-refractivity contribution < 1.29 is 4.79 Å². The lowest BCUT2D eigenvalue weighted by Gasteiger charge is -2.42. The largest absolute Gasteiger partial charge is 0.369 e. The highest BCUT2D eigenvalue weighted by Gasteiger charge is 2.28. The fraction of sp³-hybridized carbons (Fsp3) is 0.640. The van der Waals surface area contributed by atoms with E-state index in [9.17, 15) is 4.79 Å². The Morgan fingerprint density at radius 1 is 1.06 bits per heavy atom. The molecule has 8 nitrogen and oxygen atoms in total. The zero-order valence-electron chi connectivity index (χ0n) is 20.5. The number of hydrogen-bond donors (Lipinski definition) is 1. The molecule has 1 aromatic heterocycles. The van der Waals surface area contributed by atoms with E-state index in [0.717, 1.165) is 101 Å². The van der Waals surface area contributed by atoms with Crippen LogP contribution in [0.5, 0.6) is 0 Å². The van der Waals surface area contributed by atoms with Crippen LogP contribution in [-0.2, 0) is 11.3 Å². The number of piperidine rings is 1. The lowest BCUT2D eigenvalue weighted by molar-refractivity contribution is -0.130. The fourth-order valence-electron chi connectivity index (χ4n) is 4.96. The van der Waals surface area contributed by atoms with E-state index < -0.39 is 0 Å². The first-order valence-electron chi connectivity index (χ1n) is 12.4. The van der Waals surface area contributed by atoms with Gasteiger partial charge in [0.1, 0.15) is 11.6 Å². The zero-order chi connectivity index (χ0) is 23.2. The summed E-state index contributed by atoms with van der Waals surface area (Å²) in [4.78, 5) is 30.7. The Kier molecular flexibility index (Phi) is 8.11. The van der Waals surface area contributed by atoms with Crippen molar-refractivity contribution in [2.24, 2.45) is 0 Å². The quantitative estimate of drug-likeness (QED) is 0.614. The van der Waals surface area contributed by atoms with E-state index in [1.54, 1.807) is 6.92 Å². The number of aromatic nitrogens is 2. The number of rotatable bonds is 8. The van der Waals surface area contributed by atoms with Crippen LogP contribution in [0.1, 0.15) is 32.0 Å². The number of benzene rings is 1. The van der Waals surface area contributed by atoms with E-state index in [-0.39, 0.29) is 5.91 Å². The van der Waals surface area contributed by atoms with Crippen LogP contribution < -0.4 is 5.32 Å². The van der Waals surface area contributed by atoms with Crippen molar-refractivity contribution in [2.45, 2.75) is 38.8 Å². The molecule has 2 saturated heterocycles. The molecule has 0 atom stereocenters. The number of nitrogens with one attached hydrogen (secondary N) is 1.